The van der Waals surface area contributed by atoms with Crippen LogP contribution in [0.25, 0.3) is 83.4 Å². The molecular weight excluding hydrogens is 1070 g/mol. The maximum atomic E-state index is 9.32. The van der Waals surface area contributed by atoms with Gasteiger partial charge in [0.25, 0.3) is 6.33 Å². The molecule has 0 bridgehead atoms. The molecule has 0 aliphatic rings. The molecule has 5 nitrogen and oxygen atoms in total. The van der Waals surface area contributed by atoms with Crippen LogP contribution in [-0.4, -0.2) is 14.1 Å². The van der Waals surface area contributed by atoms with Gasteiger partial charge in [-0.3, -0.25) is 4.57 Å². The van der Waals surface area contributed by atoms with E-state index in [9.17, 15) is 2.74 Å². The predicted molar refractivity (Wildman–Crippen MR) is 297 cm³/mol. The molecule has 11 aromatic rings. The average molecular weight is 1140 g/mol. The minimum absolute atomic E-state index is 0. The molecule has 0 aliphatic carbocycles. The number of fused-ring (bicyclic) bond motifs is 4. The third kappa shape index (κ3) is 9.48. The molecule has 73 heavy (non-hydrogen) atoms. The van der Waals surface area contributed by atoms with E-state index in [1.165, 1.54) is 5.56 Å². The second-order valence-electron chi connectivity index (χ2n) is 20.7. The Labute approximate surface area is 452 Å². The summed E-state index contributed by atoms with van der Waals surface area (Å²) in [5, 5.41) is 2.13. The Kier molecular flexibility index (Phi) is 11.8. The Morgan fingerprint density at radius 2 is 1.29 bits per heavy atom. The molecule has 0 N–H and O–H groups in total. The van der Waals surface area contributed by atoms with E-state index in [4.69, 9.17) is 13.8 Å². The van der Waals surface area contributed by atoms with E-state index >= 15 is 0 Å². The number of ether oxygens (including phenoxy) is 1. The van der Waals surface area contributed by atoms with Crippen molar-refractivity contribution < 1.29 is 37.2 Å². The molecule has 0 radical (unpaired) electrons. The van der Waals surface area contributed by atoms with Crippen LogP contribution < -0.4 is 9.30 Å². The zero-order valence-electron chi connectivity index (χ0n) is 47.5. The quantitative estimate of drug-likeness (QED) is 0.0956. The molecule has 11 rings (SSSR count). The predicted octanol–water partition coefficient (Wildman–Crippen LogP) is 17.1. The van der Waals surface area contributed by atoms with E-state index < -0.39 is 18.1 Å². The van der Waals surface area contributed by atoms with Crippen LogP contribution in [-0.2, 0) is 31.9 Å². The van der Waals surface area contributed by atoms with Crippen LogP contribution >= 0.6 is 0 Å². The monoisotopic (exact) mass is 1140 g/mol. The van der Waals surface area contributed by atoms with E-state index in [1.807, 2.05) is 69.9 Å². The Balaban J connectivity index is 0.00000688. The van der Waals surface area contributed by atoms with Crippen LogP contribution in [0.3, 0.4) is 0 Å². The first kappa shape index (κ1) is 43.3. The normalized spacial score (nSPS) is 12.9. The third-order valence-electron chi connectivity index (χ3n) is 14.0. The van der Waals surface area contributed by atoms with Crippen molar-refractivity contribution in [1.82, 2.24) is 14.1 Å². The van der Waals surface area contributed by atoms with Crippen molar-refractivity contribution in [3.63, 3.8) is 0 Å². The fourth-order valence-corrected chi connectivity index (χ4v) is 10.0. The largest absolute Gasteiger partial charge is 0.510 e. The molecule has 3 aromatic heterocycles. The maximum Gasteiger partial charge on any atom is 0.268 e. The number of pyridine rings is 1. The Hall–Kier alpha value is -7.33. The van der Waals surface area contributed by atoms with Crippen molar-refractivity contribution in [1.29, 1.82) is 0 Å². The summed E-state index contributed by atoms with van der Waals surface area (Å²) in [6, 6.07) is 56.9. The standard InChI is InChI=1S/C67H60N4O.Pt/c1-9-45(10-2)49-35-36-68-64(40-49)71-60-30-18-17-27-58(60)59-33-32-55(43-62(59)71)72-54-26-19-25-53(42-54)69-44-70(61-34-31-48(39-63(61)69)46-21-13-11-14-22-46)65-56(47-23-15-12-16-24-47)28-20-29-57(65)50-37-51(66(3,4)5)41-52(38-50)67(6,7)8;/h11-41,45H,9-10H2,1-8H3;/q-2;/i12D,15D,16D,23D,24D;. The van der Waals surface area contributed by atoms with Crippen LogP contribution in [0.2, 0.25) is 0 Å². The zero-order chi connectivity index (χ0) is 54.1. The van der Waals surface area contributed by atoms with Crippen molar-refractivity contribution in [2.75, 3.05) is 0 Å². The molecule has 3 heterocycles. The summed E-state index contributed by atoms with van der Waals surface area (Å²) in [5.41, 5.74) is 12.2. The molecule has 6 heteroatoms. The van der Waals surface area contributed by atoms with Gasteiger partial charge in [-0.15, -0.1) is 29.7 Å². The van der Waals surface area contributed by atoms with Crippen LogP contribution in [0.5, 0.6) is 11.5 Å². The van der Waals surface area contributed by atoms with Gasteiger partial charge in [0.1, 0.15) is 5.82 Å². The molecule has 0 aliphatic heterocycles. The van der Waals surface area contributed by atoms with Gasteiger partial charge in [0.15, 0.2) is 0 Å². The number of para-hydroxylation sites is 2. The SMILES string of the molecule is [2H]c1c([2H])c([2H])c(-c2cccc(-c3cc(C(C)(C)C)cc(C(C)(C)C)c3)c2-[n+]2[c-]n(-c3[c-]c(Oc4[c-]c5c(cc4)c4ccccc4n5-c4cc(C(CC)CC)ccn4)ccc3)c3cc(-c4ccccc4)ccc32)c([2H])c1[2H].[Pt]. The number of imidazole rings is 1. The number of aromatic nitrogens is 4. The van der Waals surface area contributed by atoms with E-state index in [-0.39, 0.29) is 49.5 Å². The van der Waals surface area contributed by atoms with E-state index in [0.717, 1.165) is 84.9 Å². The number of hydrogen-bond donors (Lipinski definition) is 0. The summed E-state index contributed by atoms with van der Waals surface area (Å²) in [7, 11) is 0. The van der Waals surface area contributed by atoms with Gasteiger partial charge in [0.2, 0.25) is 0 Å². The molecule has 0 saturated carbocycles. The minimum atomic E-state index is -0.449. The summed E-state index contributed by atoms with van der Waals surface area (Å²) in [6.07, 6.45) is 7.73. The molecule has 0 atom stereocenters. The molecule has 8 aromatic carbocycles. The average Bonchev–Trinajstić information content (AvgIpc) is 4.05. The van der Waals surface area contributed by atoms with E-state index in [0.29, 0.717) is 34.4 Å². The Morgan fingerprint density at radius 3 is 2.01 bits per heavy atom. The van der Waals surface area contributed by atoms with Gasteiger partial charge in [-0.25, -0.2) is 4.98 Å². The fourth-order valence-electron chi connectivity index (χ4n) is 10.0. The van der Waals surface area contributed by atoms with Crippen molar-refractivity contribution in [3.05, 3.63) is 223 Å². The first-order valence-electron chi connectivity index (χ1n) is 27.5. The van der Waals surface area contributed by atoms with Crippen molar-refractivity contribution in [3.8, 4) is 62.1 Å². The van der Waals surface area contributed by atoms with Crippen molar-refractivity contribution >= 4 is 32.8 Å². The molecule has 0 amide bonds. The van der Waals surface area contributed by atoms with Crippen LogP contribution in [0.4, 0.5) is 0 Å². The van der Waals surface area contributed by atoms with Crippen LogP contribution in [0, 0.1) is 18.5 Å². The summed E-state index contributed by atoms with van der Waals surface area (Å²) in [4.78, 5) is 4.90. The van der Waals surface area contributed by atoms with Gasteiger partial charge in [-0.05, 0) is 115 Å². The van der Waals surface area contributed by atoms with Crippen molar-refractivity contribution in [2.24, 2.45) is 0 Å². The fraction of sp³-hybridized carbons (Fsp3) is 0.194. The molecule has 0 fully saturated rings. The smallest absolute Gasteiger partial charge is 0.268 e. The van der Waals surface area contributed by atoms with Crippen LogP contribution in [0.15, 0.2) is 188 Å². The second-order valence-corrected chi connectivity index (χ2v) is 20.7. The van der Waals surface area contributed by atoms with Crippen molar-refractivity contribution in [2.45, 2.75) is 85.0 Å². The van der Waals surface area contributed by atoms with Gasteiger partial charge < -0.3 is 13.9 Å². The van der Waals surface area contributed by atoms with Crippen LogP contribution in [0.1, 0.15) is 97.7 Å². The minimum Gasteiger partial charge on any atom is -0.510 e. The Bertz CT molecular complexity index is 4030. The number of benzene rings is 8. The van der Waals surface area contributed by atoms with Gasteiger partial charge in [-0.2, -0.15) is 18.2 Å². The van der Waals surface area contributed by atoms with Gasteiger partial charge >= 0.3 is 0 Å². The second kappa shape index (κ2) is 19.9. The van der Waals surface area contributed by atoms with Gasteiger partial charge in [0.05, 0.1) is 23.6 Å². The molecule has 0 unspecified atom stereocenters. The number of hydrogen-bond acceptors (Lipinski definition) is 2. The Morgan fingerprint density at radius 1 is 0.603 bits per heavy atom. The number of rotatable bonds is 11. The first-order valence-corrected chi connectivity index (χ1v) is 25.0. The van der Waals surface area contributed by atoms with E-state index in [1.54, 1.807) is 0 Å². The molecular formula is C67H60N4OPt-2. The number of nitrogens with zero attached hydrogens (tertiary/aromatic N) is 4. The summed E-state index contributed by atoms with van der Waals surface area (Å²) in [6.45, 7) is 17.7. The zero-order valence-corrected chi connectivity index (χ0v) is 44.8. The summed E-state index contributed by atoms with van der Waals surface area (Å²) >= 11 is 0. The molecule has 0 saturated heterocycles. The van der Waals surface area contributed by atoms with E-state index in [2.05, 4.69) is 175 Å². The van der Waals surface area contributed by atoms with Gasteiger partial charge in [0, 0.05) is 44.3 Å². The topological polar surface area (TPSA) is 35.9 Å². The van der Waals surface area contributed by atoms with Gasteiger partial charge in [-0.1, -0.05) is 188 Å². The third-order valence-corrected chi connectivity index (χ3v) is 14.0. The first-order chi connectivity index (χ1) is 36.9. The summed E-state index contributed by atoms with van der Waals surface area (Å²) < 4.78 is 57.7. The molecule has 0 spiro atoms. The summed E-state index contributed by atoms with van der Waals surface area (Å²) in [5.74, 6) is 2.23. The molecule has 366 valence electrons. The maximum absolute atomic E-state index is 9.32.